The van der Waals surface area contributed by atoms with Crippen LogP contribution >= 0.6 is 11.1 Å². The summed E-state index contributed by atoms with van der Waals surface area (Å²) in [5.41, 5.74) is -7.41. The summed E-state index contributed by atoms with van der Waals surface area (Å²) in [5, 5.41) is 31.8. The first-order chi connectivity index (χ1) is 31.3. The largest absolute Gasteiger partial charge is 0.409 e. The van der Waals surface area contributed by atoms with Gasteiger partial charge in [0.2, 0.25) is 0 Å². The van der Waals surface area contributed by atoms with Crippen LogP contribution in [0.1, 0.15) is 115 Å². The standard InChI is InChI=1S/C27H38F2O4Si.C21H24F2O4.C6H15ClSi.CH4/c1-24(2,3)34(6,7)33-15-22(31)18-9-8-17-19-13-21(28)20-12-16(30)10-11-26(20,5)27(19,29)23(32)14-25(17,18)4;1-19-9-18(27)21(23)14(12(19)3-4-13(19)17(26)10-24)8-16(22)15-7-11(25)5-6-20(15,21)2;1-6(2,3)8(4,5)7;/h9-12,17,19,21,23,32H,8,13-15H2,1-7H3;4-7,12,14,16,18,24,27H,3,8-10H2,1-2H3;1-5H3;1H4/t17-,19-,21-,23-,25-,26-,27-;12-,14-,16-,18-,19-,20-,21-;;/m00../s1. The molecule has 0 heterocycles. The molecule has 0 saturated heterocycles. The number of hydrogen-bond acceptors (Lipinski definition) is 8. The normalized spacial score (nSPS) is 40.6. The van der Waals surface area contributed by atoms with Crippen molar-refractivity contribution in [3.63, 3.8) is 0 Å². The molecule has 14 atom stereocenters. The molecule has 4 saturated carbocycles. The Balaban J connectivity index is 0.000000227. The van der Waals surface area contributed by atoms with Crippen molar-refractivity contribution >= 4 is 49.9 Å². The van der Waals surface area contributed by atoms with Crippen molar-refractivity contribution in [2.75, 3.05) is 13.2 Å². The van der Waals surface area contributed by atoms with Crippen molar-refractivity contribution in [2.24, 2.45) is 45.3 Å². The van der Waals surface area contributed by atoms with E-state index in [1.54, 1.807) is 26.8 Å². The first kappa shape index (κ1) is 58.3. The fourth-order valence-corrected chi connectivity index (χ4v) is 14.0. The molecule has 392 valence electrons. The van der Waals surface area contributed by atoms with Gasteiger partial charge in [-0.25, -0.2) is 17.6 Å². The highest BCUT2D eigenvalue weighted by Gasteiger charge is 2.73. The van der Waals surface area contributed by atoms with E-state index < -0.39 is 97.5 Å². The Bertz CT molecular complexity index is 2310. The molecule has 0 aromatic rings. The maximum absolute atomic E-state index is 17.1. The number of Topliss-reactive ketones (excluding diaryl/α,β-unsaturated/α-hetero) is 2. The van der Waals surface area contributed by atoms with Crippen LogP contribution in [0, 0.1) is 45.3 Å². The van der Waals surface area contributed by atoms with Gasteiger partial charge < -0.3 is 19.7 Å². The highest BCUT2D eigenvalue weighted by molar-refractivity contribution is 7.20. The van der Waals surface area contributed by atoms with Gasteiger partial charge >= 0.3 is 0 Å². The number of rotatable bonds is 6. The van der Waals surface area contributed by atoms with Gasteiger partial charge in [0.15, 0.2) is 50.2 Å². The summed E-state index contributed by atoms with van der Waals surface area (Å²) in [6.07, 6.45) is 6.26. The van der Waals surface area contributed by atoms with Crippen molar-refractivity contribution < 1.29 is 56.5 Å². The SMILES string of the molecule is C.CC(C)(C)[Si](C)(C)Cl.CC(C)(C)[Si](C)(C)OCC(=O)C1=CC[C@H]2[C@@H]3C[C@H](F)C4=CC(=O)C=C[C@]4(C)[C@@]3(F)[C@@H](O)C[C@]12C.C[C@]12C=CC(=O)C=C1[C@@H](F)C[C@H]1[C@@H]3CC=C(C(=O)CO)[C@@]3(C)C[C@H](O)[C@@]12F. The van der Waals surface area contributed by atoms with Crippen LogP contribution in [0.4, 0.5) is 17.6 Å². The number of carbonyl (C=O) groups is 4. The second-order valence-corrected chi connectivity index (χ2v) is 37.3. The van der Waals surface area contributed by atoms with Gasteiger partial charge in [-0.15, -0.1) is 0 Å². The molecule has 0 aromatic carbocycles. The average Bonchev–Trinajstić information content (AvgIpc) is 3.75. The van der Waals surface area contributed by atoms with Crippen LogP contribution < -0.4 is 0 Å². The van der Waals surface area contributed by atoms with E-state index in [-0.39, 0.29) is 85.1 Å². The molecule has 4 fully saturated rings. The minimum atomic E-state index is -2.13. The summed E-state index contributed by atoms with van der Waals surface area (Å²) in [6.45, 7) is 27.6. The Morgan fingerprint density at radius 3 is 1.39 bits per heavy atom. The molecule has 3 N–H and O–H groups in total. The van der Waals surface area contributed by atoms with Crippen molar-refractivity contribution in [2.45, 2.75) is 187 Å². The van der Waals surface area contributed by atoms with Crippen LogP contribution in [0.2, 0.25) is 36.3 Å². The molecule has 0 aliphatic heterocycles. The summed E-state index contributed by atoms with van der Waals surface area (Å²) in [6, 6.07) is 0. The molecule has 0 unspecified atom stereocenters. The number of alkyl halides is 4. The van der Waals surface area contributed by atoms with Crippen molar-refractivity contribution in [1.29, 1.82) is 0 Å². The monoisotopic (exact) mass is 1040 g/mol. The number of aliphatic hydroxyl groups excluding tert-OH is 3. The van der Waals surface area contributed by atoms with Gasteiger partial charge in [0, 0.05) is 33.5 Å². The van der Waals surface area contributed by atoms with Gasteiger partial charge in [0.25, 0.3) is 0 Å². The number of carbonyl (C=O) groups excluding carboxylic acids is 4. The van der Waals surface area contributed by atoms with E-state index in [2.05, 4.69) is 67.7 Å². The van der Waals surface area contributed by atoms with Gasteiger partial charge in [-0.1, -0.05) is 100 Å². The Labute approximate surface area is 421 Å². The molecular weight excluding hydrogens is 956 g/mol. The first-order valence-electron chi connectivity index (χ1n) is 24.7. The Hall–Kier alpha value is -2.60. The van der Waals surface area contributed by atoms with Gasteiger partial charge in [-0.05, 0) is 134 Å². The second-order valence-electron chi connectivity index (χ2n) is 25.2. The predicted octanol–water partition coefficient (Wildman–Crippen LogP) is 11.7. The Morgan fingerprint density at radius 2 is 1.06 bits per heavy atom. The zero-order valence-electron chi connectivity index (χ0n) is 43.2. The number of ketones is 4. The summed E-state index contributed by atoms with van der Waals surface area (Å²) in [7, 11) is -3.52. The first-order valence-corrected chi connectivity index (χ1v) is 31.6. The molecule has 0 spiro atoms. The van der Waals surface area contributed by atoms with Gasteiger partial charge in [0.05, 0.1) is 18.8 Å². The highest BCUT2D eigenvalue weighted by atomic mass is 35.6. The molecule has 8 aliphatic carbocycles. The zero-order chi connectivity index (χ0) is 52.3. The predicted molar refractivity (Wildman–Crippen MR) is 274 cm³/mol. The van der Waals surface area contributed by atoms with E-state index in [0.29, 0.717) is 29.0 Å². The van der Waals surface area contributed by atoms with E-state index in [9.17, 15) is 34.5 Å². The van der Waals surface area contributed by atoms with Crippen LogP contribution in [0.25, 0.3) is 0 Å². The molecule has 8 nitrogen and oxygen atoms in total. The zero-order valence-corrected chi connectivity index (χ0v) is 45.9. The maximum atomic E-state index is 17.1. The third kappa shape index (κ3) is 9.02. The lowest BCUT2D eigenvalue weighted by atomic mass is 9.45. The second kappa shape index (κ2) is 19.0. The summed E-state index contributed by atoms with van der Waals surface area (Å²) >= 11 is 6.15. The minimum absolute atomic E-state index is 0. The molecule has 15 heteroatoms. The van der Waals surface area contributed by atoms with Crippen LogP contribution in [0.3, 0.4) is 0 Å². The molecular formula is C55H81ClF4O8Si2. The van der Waals surface area contributed by atoms with E-state index in [4.69, 9.17) is 15.5 Å². The molecule has 0 radical (unpaired) electrons. The third-order valence-corrected chi connectivity index (χ3v) is 29.1. The number of hydrogen-bond donors (Lipinski definition) is 3. The van der Waals surface area contributed by atoms with E-state index >= 15 is 17.6 Å². The van der Waals surface area contributed by atoms with Crippen LogP contribution in [-0.2, 0) is 23.6 Å². The van der Waals surface area contributed by atoms with Crippen molar-refractivity contribution in [1.82, 2.24) is 0 Å². The van der Waals surface area contributed by atoms with E-state index in [0.717, 1.165) is 6.08 Å². The summed E-state index contributed by atoms with van der Waals surface area (Å²) in [5.74, 6) is -3.53. The number of halogens is 5. The summed E-state index contributed by atoms with van der Waals surface area (Å²) < 4.78 is 70.4. The Morgan fingerprint density at radius 1 is 0.700 bits per heavy atom. The quantitative estimate of drug-likeness (QED) is 0.136. The van der Waals surface area contributed by atoms with Crippen LogP contribution in [0.15, 0.2) is 70.9 Å². The Kier molecular flexibility index (Phi) is 15.8. The maximum Gasteiger partial charge on any atom is 0.192 e. The van der Waals surface area contributed by atoms with Gasteiger partial charge in [-0.3, -0.25) is 19.2 Å². The molecule has 0 bridgehead atoms. The van der Waals surface area contributed by atoms with E-state index in [1.807, 2.05) is 13.0 Å². The van der Waals surface area contributed by atoms with Crippen LogP contribution in [0.5, 0.6) is 0 Å². The molecule has 0 amide bonds. The van der Waals surface area contributed by atoms with Crippen molar-refractivity contribution in [3.05, 3.63) is 70.9 Å². The molecule has 8 aliphatic rings. The summed E-state index contributed by atoms with van der Waals surface area (Å²) in [4.78, 5) is 49.2. The van der Waals surface area contributed by atoms with Crippen molar-refractivity contribution in [3.8, 4) is 0 Å². The smallest absolute Gasteiger partial charge is 0.192 e. The van der Waals surface area contributed by atoms with Gasteiger partial charge in [0.1, 0.15) is 19.0 Å². The number of fused-ring (bicyclic) bond motifs is 10. The fraction of sp³-hybridized carbons (Fsp3) is 0.709. The van der Waals surface area contributed by atoms with E-state index in [1.165, 1.54) is 30.4 Å². The lowest BCUT2D eigenvalue weighted by Crippen LogP contribution is -2.68. The minimum Gasteiger partial charge on any atom is -0.409 e. The van der Waals surface area contributed by atoms with Gasteiger partial charge in [-0.2, -0.15) is 11.1 Å². The van der Waals surface area contributed by atoms with Crippen LogP contribution in [-0.4, -0.2) is 103 Å². The molecule has 0 aromatic heterocycles. The average molecular weight is 1040 g/mol. The highest BCUT2D eigenvalue weighted by Crippen LogP contribution is 2.70. The molecule has 8 rings (SSSR count). The number of aliphatic hydroxyl groups is 3. The lowest BCUT2D eigenvalue weighted by molar-refractivity contribution is -0.192. The lowest BCUT2D eigenvalue weighted by Gasteiger charge is -2.62. The topological polar surface area (TPSA) is 138 Å². The fourth-order valence-electron chi connectivity index (χ4n) is 13.0. The third-order valence-electron chi connectivity index (χ3n) is 19.3. The molecule has 70 heavy (non-hydrogen) atoms. The number of allylic oxidation sites excluding steroid dienone is 10.